The minimum Gasteiger partial charge on any atom is -0.494 e. The lowest BCUT2D eigenvalue weighted by atomic mass is 10.0. The van der Waals surface area contributed by atoms with Gasteiger partial charge in [-0.25, -0.2) is 0 Å². The van der Waals surface area contributed by atoms with Gasteiger partial charge in [0.25, 0.3) is 0 Å². The molecule has 1 saturated heterocycles. The van der Waals surface area contributed by atoms with Crippen LogP contribution in [0.25, 0.3) is 0 Å². The number of carbonyl (C=O) groups is 1. The van der Waals surface area contributed by atoms with Gasteiger partial charge >= 0.3 is 0 Å². The molecule has 1 saturated carbocycles. The van der Waals surface area contributed by atoms with Crippen molar-refractivity contribution in [2.45, 2.75) is 31.6 Å². The number of ether oxygens (including phenoxy) is 2. The summed E-state index contributed by atoms with van der Waals surface area (Å²) < 4.78 is 11.9. The Bertz CT molecular complexity index is 1020. The molecule has 2 aromatic rings. The van der Waals surface area contributed by atoms with E-state index in [1.165, 1.54) is 16.8 Å². The molecule has 2 aromatic carbocycles. The highest BCUT2D eigenvalue weighted by Gasteiger charge is 2.48. The lowest BCUT2D eigenvalue weighted by Crippen LogP contribution is -2.46. The van der Waals surface area contributed by atoms with E-state index in [2.05, 4.69) is 45.4 Å². The zero-order valence-electron chi connectivity index (χ0n) is 18.5. The van der Waals surface area contributed by atoms with Gasteiger partial charge in [-0.3, -0.25) is 9.69 Å². The molecular formula is C26H31N3O3. The molecule has 2 fully saturated rings. The third-order valence-corrected chi connectivity index (χ3v) is 7.35. The largest absolute Gasteiger partial charge is 0.494 e. The number of para-hydroxylation sites is 1. The molecule has 6 rings (SSSR count). The summed E-state index contributed by atoms with van der Waals surface area (Å²) >= 11 is 0. The van der Waals surface area contributed by atoms with Gasteiger partial charge in [0.05, 0.1) is 18.9 Å². The number of nitrogens with zero attached hydrogens (tertiary/aromatic N) is 2. The maximum atomic E-state index is 11.9. The highest BCUT2D eigenvalue weighted by molar-refractivity contribution is 5.99. The van der Waals surface area contributed by atoms with E-state index in [0.717, 1.165) is 82.2 Å². The SMILES string of the molecule is O=C1Nc2cc(OCCCCN3CCN(c4cccc5c4OCC5)CC3)ccc2C2CC12. The summed E-state index contributed by atoms with van der Waals surface area (Å²) in [6.45, 7) is 6.94. The monoisotopic (exact) mass is 433 g/mol. The van der Waals surface area contributed by atoms with Crippen molar-refractivity contribution in [1.29, 1.82) is 0 Å². The van der Waals surface area contributed by atoms with E-state index in [1.807, 2.05) is 6.07 Å². The van der Waals surface area contributed by atoms with Gasteiger partial charge in [-0.1, -0.05) is 18.2 Å². The summed E-state index contributed by atoms with van der Waals surface area (Å²) in [6.07, 6.45) is 4.20. The number of amides is 1. The van der Waals surface area contributed by atoms with Crippen molar-refractivity contribution in [3.8, 4) is 11.5 Å². The molecule has 0 spiro atoms. The molecule has 1 aliphatic carbocycles. The maximum Gasteiger partial charge on any atom is 0.228 e. The standard InChI is InChI=1S/C26H31N3O3/c30-26-22-17-21(22)20-7-6-19(16-23(20)27-26)31-14-2-1-9-28-10-12-29(13-11-28)24-5-3-4-18-8-15-32-25(18)24/h3-7,16,21-22H,1-2,8-15,17H2,(H,27,30). The summed E-state index contributed by atoms with van der Waals surface area (Å²) in [6, 6.07) is 12.7. The summed E-state index contributed by atoms with van der Waals surface area (Å²) in [5, 5.41) is 3.03. The Kier molecular flexibility index (Phi) is 5.18. The molecule has 6 nitrogen and oxygen atoms in total. The number of anilines is 2. The third-order valence-electron chi connectivity index (χ3n) is 7.35. The molecule has 2 atom stereocenters. The van der Waals surface area contributed by atoms with Crippen molar-refractivity contribution in [2.75, 3.05) is 56.2 Å². The minimum absolute atomic E-state index is 0.170. The fourth-order valence-corrected chi connectivity index (χ4v) is 5.40. The Balaban J connectivity index is 0.927. The van der Waals surface area contributed by atoms with Crippen LogP contribution in [0.15, 0.2) is 36.4 Å². The fraction of sp³-hybridized carbons (Fsp3) is 0.500. The van der Waals surface area contributed by atoms with Crippen LogP contribution in [-0.2, 0) is 11.2 Å². The molecule has 1 amide bonds. The van der Waals surface area contributed by atoms with E-state index in [-0.39, 0.29) is 11.8 Å². The first kappa shape index (κ1) is 19.9. The minimum atomic E-state index is 0.170. The average Bonchev–Trinajstić information content (AvgIpc) is 3.49. The van der Waals surface area contributed by atoms with Crippen LogP contribution in [0, 0.1) is 5.92 Å². The van der Waals surface area contributed by atoms with Crippen LogP contribution in [0.3, 0.4) is 0 Å². The van der Waals surface area contributed by atoms with Crippen molar-refractivity contribution in [2.24, 2.45) is 5.92 Å². The fourth-order valence-electron chi connectivity index (χ4n) is 5.40. The van der Waals surface area contributed by atoms with Gasteiger partial charge in [0.2, 0.25) is 5.91 Å². The van der Waals surface area contributed by atoms with Crippen LogP contribution < -0.4 is 19.7 Å². The predicted molar refractivity (Wildman–Crippen MR) is 125 cm³/mol. The van der Waals surface area contributed by atoms with Gasteiger partial charge < -0.3 is 19.7 Å². The van der Waals surface area contributed by atoms with E-state index in [1.54, 1.807) is 0 Å². The van der Waals surface area contributed by atoms with Crippen LogP contribution in [0.1, 0.15) is 36.3 Å². The molecular weight excluding hydrogens is 402 g/mol. The first-order chi connectivity index (χ1) is 15.8. The Morgan fingerprint density at radius 1 is 1.06 bits per heavy atom. The highest BCUT2D eigenvalue weighted by atomic mass is 16.5. The molecule has 2 unspecified atom stereocenters. The predicted octanol–water partition coefficient (Wildman–Crippen LogP) is 3.66. The average molecular weight is 434 g/mol. The lowest BCUT2D eigenvalue weighted by molar-refractivity contribution is -0.117. The molecule has 0 bridgehead atoms. The van der Waals surface area contributed by atoms with E-state index in [9.17, 15) is 4.79 Å². The van der Waals surface area contributed by atoms with Gasteiger partial charge in [0.15, 0.2) is 0 Å². The molecule has 3 heterocycles. The van der Waals surface area contributed by atoms with Crippen molar-refractivity contribution < 1.29 is 14.3 Å². The zero-order chi connectivity index (χ0) is 21.5. The number of hydrogen-bond acceptors (Lipinski definition) is 5. The molecule has 32 heavy (non-hydrogen) atoms. The van der Waals surface area contributed by atoms with Gasteiger partial charge in [-0.2, -0.15) is 0 Å². The summed E-state index contributed by atoms with van der Waals surface area (Å²) in [4.78, 5) is 17.0. The smallest absolute Gasteiger partial charge is 0.228 e. The molecule has 1 N–H and O–H groups in total. The second-order valence-electron chi connectivity index (χ2n) is 9.44. The summed E-state index contributed by atoms with van der Waals surface area (Å²) in [7, 11) is 0. The second kappa shape index (κ2) is 8.32. The number of benzene rings is 2. The number of nitrogens with one attached hydrogen (secondary N) is 1. The Hall–Kier alpha value is -2.73. The molecule has 4 aliphatic rings. The van der Waals surface area contributed by atoms with Gasteiger partial charge in [-0.05, 0) is 55.0 Å². The normalized spacial score (nSPS) is 23.6. The van der Waals surface area contributed by atoms with Gasteiger partial charge in [0, 0.05) is 50.3 Å². The van der Waals surface area contributed by atoms with Crippen LogP contribution in [0.4, 0.5) is 11.4 Å². The topological polar surface area (TPSA) is 54.0 Å². The summed E-state index contributed by atoms with van der Waals surface area (Å²) in [5.74, 6) is 2.77. The molecule has 6 heteroatoms. The first-order valence-corrected chi connectivity index (χ1v) is 12.1. The third kappa shape index (κ3) is 3.81. The molecule has 168 valence electrons. The van der Waals surface area contributed by atoms with Gasteiger partial charge in [0.1, 0.15) is 11.5 Å². The van der Waals surface area contributed by atoms with Crippen LogP contribution in [0.2, 0.25) is 0 Å². The van der Waals surface area contributed by atoms with Crippen LogP contribution in [-0.4, -0.2) is 56.7 Å². The van der Waals surface area contributed by atoms with Crippen molar-refractivity contribution in [3.05, 3.63) is 47.5 Å². The van der Waals surface area contributed by atoms with Crippen molar-refractivity contribution in [1.82, 2.24) is 4.90 Å². The molecule has 0 aromatic heterocycles. The Labute approximate surface area is 189 Å². The second-order valence-corrected chi connectivity index (χ2v) is 9.44. The maximum absolute atomic E-state index is 11.9. The Morgan fingerprint density at radius 3 is 2.88 bits per heavy atom. The lowest BCUT2D eigenvalue weighted by Gasteiger charge is -2.36. The van der Waals surface area contributed by atoms with Crippen LogP contribution in [0.5, 0.6) is 11.5 Å². The van der Waals surface area contributed by atoms with E-state index < -0.39 is 0 Å². The van der Waals surface area contributed by atoms with E-state index in [0.29, 0.717) is 12.5 Å². The quantitative estimate of drug-likeness (QED) is 0.676. The van der Waals surface area contributed by atoms with E-state index >= 15 is 0 Å². The number of rotatable bonds is 7. The zero-order valence-corrected chi connectivity index (χ0v) is 18.5. The number of fused-ring (bicyclic) bond motifs is 4. The number of hydrogen-bond donors (Lipinski definition) is 1. The number of carbonyl (C=O) groups excluding carboxylic acids is 1. The van der Waals surface area contributed by atoms with Gasteiger partial charge in [-0.15, -0.1) is 0 Å². The number of unbranched alkanes of at least 4 members (excludes halogenated alkanes) is 1. The first-order valence-electron chi connectivity index (χ1n) is 12.1. The van der Waals surface area contributed by atoms with E-state index in [4.69, 9.17) is 9.47 Å². The van der Waals surface area contributed by atoms with Crippen molar-refractivity contribution >= 4 is 17.3 Å². The molecule has 0 radical (unpaired) electrons. The Morgan fingerprint density at radius 2 is 1.97 bits per heavy atom. The molecule has 3 aliphatic heterocycles. The summed E-state index contributed by atoms with van der Waals surface area (Å²) in [5.41, 5.74) is 4.83. The highest BCUT2D eigenvalue weighted by Crippen LogP contribution is 2.53. The van der Waals surface area contributed by atoms with Crippen LogP contribution >= 0.6 is 0 Å². The number of piperazine rings is 1. The van der Waals surface area contributed by atoms with Crippen molar-refractivity contribution in [3.63, 3.8) is 0 Å².